The van der Waals surface area contributed by atoms with E-state index in [-0.39, 0.29) is 4.90 Å². The van der Waals surface area contributed by atoms with Gasteiger partial charge in [-0.3, -0.25) is 9.97 Å². The number of anilines is 2. The Morgan fingerprint density at radius 3 is 2.61 bits per heavy atom. The molecular weight excluding hydrogens is 434 g/mol. The van der Waals surface area contributed by atoms with Gasteiger partial charge in [0.15, 0.2) is 9.84 Å². The van der Waals surface area contributed by atoms with Crippen molar-refractivity contribution in [2.75, 3.05) is 11.6 Å². The number of benzene rings is 3. The number of nitriles is 1. The van der Waals surface area contributed by atoms with Crippen LogP contribution in [0.5, 0.6) is 0 Å². The van der Waals surface area contributed by atoms with Crippen molar-refractivity contribution in [2.45, 2.75) is 4.90 Å². The highest BCUT2D eigenvalue weighted by molar-refractivity contribution is 7.90. The van der Waals surface area contributed by atoms with Gasteiger partial charge >= 0.3 is 0 Å². The minimum atomic E-state index is -3.51. The Labute approximate surface area is 190 Å². The highest BCUT2D eigenvalue weighted by atomic mass is 32.2. The Kier molecular flexibility index (Phi) is 4.84. The van der Waals surface area contributed by atoms with E-state index < -0.39 is 9.84 Å². The average Bonchev–Trinajstić information content (AvgIpc) is 3.17. The lowest BCUT2D eigenvalue weighted by atomic mass is 10.0. The summed E-state index contributed by atoms with van der Waals surface area (Å²) in [5.74, 6) is 0. The summed E-state index contributed by atoms with van der Waals surface area (Å²) in [6.45, 7) is 0. The molecule has 1 N–H and O–H groups in total. The van der Waals surface area contributed by atoms with Crippen molar-refractivity contribution in [1.29, 1.82) is 5.26 Å². The molecule has 0 radical (unpaired) electrons. The summed E-state index contributed by atoms with van der Waals surface area (Å²) in [5.41, 5.74) is 5.71. The molecule has 5 aromatic rings. The Bertz CT molecular complexity index is 1700. The summed E-state index contributed by atoms with van der Waals surface area (Å²) in [6, 6.07) is 18.5. The predicted octanol–water partition coefficient (Wildman–Crippen LogP) is 4.81. The van der Waals surface area contributed by atoms with Crippen LogP contribution in [0, 0.1) is 11.3 Å². The molecule has 2 heterocycles. The van der Waals surface area contributed by atoms with Gasteiger partial charge in [0.2, 0.25) is 0 Å². The molecule has 33 heavy (non-hydrogen) atoms. The van der Waals surface area contributed by atoms with Gasteiger partial charge in [-0.15, -0.1) is 0 Å². The number of aromatic nitrogens is 3. The topological polar surface area (TPSA) is 101 Å². The van der Waals surface area contributed by atoms with E-state index in [4.69, 9.17) is 0 Å². The number of aryl methyl sites for hydroxylation is 1. The minimum Gasteiger partial charge on any atom is -0.354 e. The van der Waals surface area contributed by atoms with Crippen molar-refractivity contribution in [3.05, 3.63) is 78.8 Å². The molecule has 162 valence electrons. The van der Waals surface area contributed by atoms with Gasteiger partial charge in [0.25, 0.3) is 0 Å². The third-order valence-corrected chi connectivity index (χ3v) is 6.71. The van der Waals surface area contributed by atoms with Crippen molar-refractivity contribution in [3.8, 4) is 17.2 Å². The van der Waals surface area contributed by atoms with E-state index >= 15 is 0 Å². The zero-order chi connectivity index (χ0) is 23.2. The standard InChI is InChI=1S/C25H19N5O2S/c1-30-10-7-18-12-17(4-5-23(18)30)20-13-19(14-22-25(20)28-9-8-27-22)29-21-11-16(15-26)3-6-24(21)33(2,31)32/h3-14,29H,1-2H3. The average molecular weight is 454 g/mol. The number of rotatable bonds is 4. The van der Waals surface area contributed by atoms with Crippen molar-refractivity contribution >= 4 is 43.1 Å². The molecule has 0 aliphatic carbocycles. The number of hydrogen-bond donors (Lipinski definition) is 1. The normalized spacial score (nSPS) is 11.5. The Morgan fingerprint density at radius 1 is 1.00 bits per heavy atom. The lowest BCUT2D eigenvalue weighted by Crippen LogP contribution is -2.03. The molecule has 0 atom stereocenters. The van der Waals surface area contributed by atoms with Crippen LogP contribution in [0.25, 0.3) is 33.1 Å². The van der Waals surface area contributed by atoms with Crippen molar-refractivity contribution in [1.82, 2.24) is 14.5 Å². The summed E-state index contributed by atoms with van der Waals surface area (Å²) < 4.78 is 26.7. The molecule has 5 rings (SSSR count). The van der Waals surface area contributed by atoms with E-state index in [1.165, 1.54) is 18.2 Å². The van der Waals surface area contributed by atoms with Gasteiger partial charge in [0.05, 0.1) is 33.2 Å². The fraction of sp³-hybridized carbons (Fsp3) is 0.0800. The molecule has 0 saturated carbocycles. The van der Waals surface area contributed by atoms with Crippen LogP contribution in [0.1, 0.15) is 5.56 Å². The van der Waals surface area contributed by atoms with Gasteiger partial charge in [-0.1, -0.05) is 6.07 Å². The Hall–Kier alpha value is -4.22. The number of fused-ring (bicyclic) bond motifs is 2. The highest BCUT2D eigenvalue weighted by Gasteiger charge is 2.16. The maximum atomic E-state index is 12.3. The third-order valence-electron chi connectivity index (χ3n) is 5.56. The van der Waals surface area contributed by atoms with E-state index in [9.17, 15) is 13.7 Å². The maximum absolute atomic E-state index is 12.3. The molecule has 0 amide bonds. The number of hydrogen-bond acceptors (Lipinski definition) is 6. The lowest BCUT2D eigenvalue weighted by Gasteiger charge is -2.14. The van der Waals surface area contributed by atoms with E-state index in [0.717, 1.165) is 33.8 Å². The van der Waals surface area contributed by atoms with E-state index in [1.807, 2.05) is 31.4 Å². The lowest BCUT2D eigenvalue weighted by molar-refractivity contribution is 0.602. The zero-order valence-electron chi connectivity index (χ0n) is 17.9. The molecule has 7 nitrogen and oxygen atoms in total. The molecule has 0 bridgehead atoms. The summed E-state index contributed by atoms with van der Waals surface area (Å²) in [7, 11) is -1.51. The van der Waals surface area contributed by atoms with Crippen LogP contribution in [0.4, 0.5) is 11.4 Å². The van der Waals surface area contributed by atoms with E-state index in [0.29, 0.717) is 22.5 Å². The van der Waals surface area contributed by atoms with Gasteiger partial charge in [0, 0.05) is 54.0 Å². The van der Waals surface area contributed by atoms with Crippen LogP contribution in [-0.4, -0.2) is 29.2 Å². The minimum absolute atomic E-state index is 0.119. The van der Waals surface area contributed by atoms with Crippen LogP contribution in [0.15, 0.2) is 78.1 Å². The second kappa shape index (κ2) is 7.73. The summed E-state index contributed by atoms with van der Waals surface area (Å²) in [4.78, 5) is 9.12. The number of nitrogens with zero attached hydrogens (tertiary/aromatic N) is 4. The first-order valence-corrected chi connectivity index (χ1v) is 12.0. The van der Waals surface area contributed by atoms with Crippen LogP contribution >= 0.6 is 0 Å². The monoisotopic (exact) mass is 453 g/mol. The molecule has 2 aromatic heterocycles. The van der Waals surface area contributed by atoms with Gasteiger partial charge in [-0.2, -0.15) is 5.26 Å². The van der Waals surface area contributed by atoms with Crippen molar-refractivity contribution < 1.29 is 8.42 Å². The largest absolute Gasteiger partial charge is 0.354 e. The zero-order valence-corrected chi connectivity index (χ0v) is 18.8. The molecule has 0 unspecified atom stereocenters. The highest BCUT2D eigenvalue weighted by Crippen LogP contribution is 2.34. The van der Waals surface area contributed by atoms with Crippen LogP contribution in [-0.2, 0) is 16.9 Å². The van der Waals surface area contributed by atoms with Crippen molar-refractivity contribution in [3.63, 3.8) is 0 Å². The molecular formula is C25H19N5O2S. The molecule has 0 saturated heterocycles. The van der Waals surface area contributed by atoms with Crippen LogP contribution in [0.2, 0.25) is 0 Å². The SMILES string of the molecule is Cn1ccc2cc(-c3cc(Nc4cc(C#N)ccc4S(C)(=O)=O)cc4nccnc34)ccc21. The quantitative estimate of drug-likeness (QED) is 0.419. The summed E-state index contributed by atoms with van der Waals surface area (Å²) in [5, 5.41) is 13.6. The predicted molar refractivity (Wildman–Crippen MR) is 129 cm³/mol. The van der Waals surface area contributed by atoms with Crippen LogP contribution < -0.4 is 5.32 Å². The van der Waals surface area contributed by atoms with E-state index in [2.05, 4.69) is 44.1 Å². The van der Waals surface area contributed by atoms with Crippen LogP contribution in [0.3, 0.4) is 0 Å². The van der Waals surface area contributed by atoms with Gasteiger partial charge < -0.3 is 9.88 Å². The van der Waals surface area contributed by atoms with Gasteiger partial charge in [0.1, 0.15) is 0 Å². The maximum Gasteiger partial charge on any atom is 0.177 e. The number of nitrogens with one attached hydrogen (secondary N) is 1. The van der Waals surface area contributed by atoms with E-state index in [1.54, 1.807) is 12.4 Å². The first kappa shape index (κ1) is 20.7. The fourth-order valence-corrected chi connectivity index (χ4v) is 4.82. The fourth-order valence-electron chi connectivity index (χ4n) is 3.99. The summed E-state index contributed by atoms with van der Waals surface area (Å²) >= 11 is 0. The molecule has 0 fully saturated rings. The molecule has 3 aromatic carbocycles. The van der Waals surface area contributed by atoms with Gasteiger partial charge in [-0.25, -0.2) is 8.42 Å². The van der Waals surface area contributed by atoms with Gasteiger partial charge in [-0.05, 0) is 54.1 Å². The van der Waals surface area contributed by atoms with Crippen molar-refractivity contribution in [2.24, 2.45) is 7.05 Å². The molecule has 8 heteroatoms. The first-order chi connectivity index (χ1) is 15.8. The molecule has 0 aliphatic heterocycles. The Balaban J connectivity index is 1.69. The Morgan fingerprint density at radius 2 is 1.82 bits per heavy atom. The summed E-state index contributed by atoms with van der Waals surface area (Å²) in [6.07, 6.45) is 6.43. The smallest absolute Gasteiger partial charge is 0.177 e. The second-order valence-corrected chi connectivity index (χ2v) is 9.85. The molecule has 0 spiro atoms. The third kappa shape index (κ3) is 3.79. The second-order valence-electron chi connectivity index (χ2n) is 7.87. The number of sulfone groups is 1. The first-order valence-electron chi connectivity index (χ1n) is 10.1. The molecule has 0 aliphatic rings.